The Kier molecular flexibility index (Phi) is 4.92. The predicted molar refractivity (Wildman–Crippen MR) is 107 cm³/mol. The molecule has 2 aromatic heterocycles. The number of carbonyl (C=O) groups is 1. The fraction of sp³-hybridized carbons (Fsp3) is 0.409. The molecule has 3 aromatic rings. The normalized spacial score (nSPS) is 15.1. The van der Waals surface area contributed by atoms with Gasteiger partial charge < -0.3 is 4.90 Å². The minimum atomic E-state index is 0.142. The third-order valence-corrected chi connectivity index (χ3v) is 5.41. The van der Waals surface area contributed by atoms with Crippen LogP contribution in [0.4, 0.5) is 0 Å². The highest BCUT2D eigenvalue weighted by atomic mass is 16.2. The number of aromatic nitrogens is 3. The molecule has 0 unspecified atom stereocenters. The number of rotatable bonds is 3. The molecule has 1 aliphatic heterocycles. The highest BCUT2D eigenvalue weighted by molar-refractivity contribution is 5.95. The molecule has 0 radical (unpaired) electrons. The summed E-state index contributed by atoms with van der Waals surface area (Å²) in [5.74, 6) is 0.142. The van der Waals surface area contributed by atoms with Crippen molar-refractivity contribution in [2.75, 3.05) is 13.1 Å². The summed E-state index contributed by atoms with van der Waals surface area (Å²) in [5, 5.41) is 5.69. The van der Waals surface area contributed by atoms with Gasteiger partial charge in [0.25, 0.3) is 0 Å². The first-order valence-electron chi connectivity index (χ1n) is 9.80. The SMILES string of the molecule is Cc1ccc(-c2ccnc3c2c(C)nn3CC(=O)N2CCCCCC2)cc1. The number of hydrogen-bond donors (Lipinski definition) is 0. The Morgan fingerprint density at radius 3 is 2.41 bits per heavy atom. The van der Waals surface area contributed by atoms with E-state index in [1.807, 2.05) is 24.1 Å². The molecule has 0 atom stereocenters. The van der Waals surface area contributed by atoms with Crippen molar-refractivity contribution in [3.63, 3.8) is 0 Å². The van der Waals surface area contributed by atoms with E-state index in [4.69, 9.17) is 0 Å². The molecule has 4 rings (SSSR count). The van der Waals surface area contributed by atoms with Crippen LogP contribution >= 0.6 is 0 Å². The van der Waals surface area contributed by atoms with Crippen molar-refractivity contribution in [3.8, 4) is 11.1 Å². The van der Waals surface area contributed by atoms with E-state index in [0.717, 1.165) is 53.8 Å². The van der Waals surface area contributed by atoms with E-state index in [0.29, 0.717) is 0 Å². The monoisotopic (exact) mass is 362 g/mol. The number of amides is 1. The van der Waals surface area contributed by atoms with Crippen LogP contribution in [0.5, 0.6) is 0 Å². The second-order valence-electron chi connectivity index (χ2n) is 7.46. The Bertz CT molecular complexity index is 950. The molecule has 140 valence electrons. The summed E-state index contributed by atoms with van der Waals surface area (Å²) >= 11 is 0. The summed E-state index contributed by atoms with van der Waals surface area (Å²) in [7, 11) is 0. The smallest absolute Gasteiger partial charge is 0.244 e. The lowest BCUT2D eigenvalue weighted by Crippen LogP contribution is -2.34. The van der Waals surface area contributed by atoms with Crippen LogP contribution < -0.4 is 0 Å². The fourth-order valence-electron chi connectivity index (χ4n) is 3.91. The van der Waals surface area contributed by atoms with E-state index >= 15 is 0 Å². The van der Waals surface area contributed by atoms with E-state index in [9.17, 15) is 4.79 Å². The zero-order valence-electron chi connectivity index (χ0n) is 16.1. The van der Waals surface area contributed by atoms with E-state index < -0.39 is 0 Å². The number of benzene rings is 1. The molecule has 0 saturated carbocycles. The average Bonchev–Trinajstić information content (AvgIpc) is 2.86. The maximum absolute atomic E-state index is 12.8. The maximum atomic E-state index is 12.8. The van der Waals surface area contributed by atoms with Crippen molar-refractivity contribution < 1.29 is 4.79 Å². The lowest BCUT2D eigenvalue weighted by Gasteiger charge is -2.20. The Morgan fingerprint density at radius 2 is 1.70 bits per heavy atom. The number of carbonyl (C=O) groups excluding carboxylic acids is 1. The van der Waals surface area contributed by atoms with Crippen molar-refractivity contribution in [2.24, 2.45) is 0 Å². The fourth-order valence-corrected chi connectivity index (χ4v) is 3.91. The predicted octanol–water partition coefficient (Wildman–Crippen LogP) is 4.12. The molecule has 0 bridgehead atoms. The number of pyridine rings is 1. The molecular weight excluding hydrogens is 336 g/mol. The van der Waals surface area contributed by atoms with Gasteiger partial charge >= 0.3 is 0 Å². The van der Waals surface area contributed by atoms with Gasteiger partial charge in [-0.2, -0.15) is 5.10 Å². The van der Waals surface area contributed by atoms with Crippen LogP contribution in [-0.4, -0.2) is 38.7 Å². The molecule has 1 fully saturated rings. The lowest BCUT2D eigenvalue weighted by molar-refractivity contribution is -0.131. The third-order valence-electron chi connectivity index (χ3n) is 5.41. The van der Waals surface area contributed by atoms with Gasteiger partial charge in [0.1, 0.15) is 6.54 Å². The molecule has 5 nitrogen and oxygen atoms in total. The van der Waals surface area contributed by atoms with Crippen LogP contribution in [0.15, 0.2) is 36.5 Å². The van der Waals surface area contributed by atoms with Gasteiger partial charge in [0.15, 0.2) is 5.65 Å². The molecular formula is C22H26N4O. The molecule has 0 spiro atoms. The van der Waals surface area contributed by atoms with Crippen LogP contribution in [0.3, 0.4) is 0 Å². The van der Waals surface area contributed by atoms with E-state index in [1.165, 1.54) is 18.4 Å². The molecule has 1 amide bonds. The van der Waals surface area contributed by atoms with Gasteiger partial charge in [-0.1, -0.05) is 42.7 Å². The number of aryl methyl sites for hydroxylation is 2. The summed E-state index contributed by atoms with van der Waals surface area (Å²) in [6.07, 6.45) is 6.44. The highest BCUT2D eigenvalue weighted by Gasteiger charge is 2.20. The highest BCUT2D eigenvalue weighted by Crippen LogP contribution is 2.30. The number of nitrogens with zero attached hydrogens (tertiary/aromatic N) is 4. The molecule has 0 aliphatic carbocycles. The molecule has 3 heterocycles. The van der Waals surface area contributed by atoms with E-state index in [1.54, 1.807) is 4.68 Å². The Hall–Kier alpha value is -2.69. The first-order chi connectivity index (χ1) is 13.1. The van der Waals surface area contributed by atoms with Crippen LogP contribution in [0.2, 0.25) is 0 Å². The lowest BCUT2D eigenvalue weighted by atomic mass is 10.0. The van der Waals surface area contributed by atoms with Gasteiger partial charge in [-0.05, 0) is 43.9 Å². The first kappa shape index (κ1) is 17.7. The van der Waals surface area contributed by atoms with Crippen molar-refractivity contribution in [2.45, 2.75) is 46.1 Å². The summed E-state index contributed by atoms with van der Waals surface area (Å²) in [6, 6.07) is 10.5. The van der Waals surface area contributed by atoms with Gasteiger partial charge in [0.2, 0.25) is 5.91 Å². The van der Waals surface area contributed by atoms with E-state index in [2.05, 4.69) is 41.3 Å². The number of fused-ring (bicyclic) bond motifs is 1. The van der Waals surface area contributed by atoms with Gasteiger partial charge in [-0.15, -0.1) is 0 Å². The van der Waals surface area contributed by atoms with Gasteiger partial charge in [0, 0.05) is 24.7 Å². The molecule has 5 heteroatoms. The number of likely N-dealkylation sites (tertiary alicyclic amines) is 1. The van der Waals surface area contributed by atoms with Crippen molar-refractivity contribution in [3.05, 3.63) is 47.8 Å². The average molecular weight is 362 g/mol. The van der Waals surface area contributed by atoms with Crippen LogP contribution in [0, 0.1) is 13.8 Å². The third kappa shape index (κ3) is 3.59. The quantitative estimate of drug-likeness (QED) is 0.704. The molecule has 27 heavy (non-hydrogen) atoms. The van der Waals surface area contributed by atoms with Crippen molar-refractivity contribution in [1.29, 1.82) is 0 Å². The minimum Gasteiger partial charge on any atom is -0.341 e. The van der Waals surface area contributed by atoms with Crippen LogP contribution in [0.25, 0.3) is 22.2 Å². The number of hydrogen-bond acceptors (Lipinski definition) is 3. The summed E-state index contributed by atoms with van der Waals surface area (Å²) < 4.78 is 1.77. The first-order valence-corrected chi connectivity index (χ1v) is 9.80. The summed E-state index contributed by atoms with van der Waals surface area (Å²) in [6.45, 7) is 6.06. The Balaban J connectivity index is 1.68. The zero-order chi connectivity index (χ0) is 18.8. The standard InChI is InChI=1S/C22H26N4O/c1-16-7-9-18(10-8-16)19-11-12-23-22-21(19)17(2)24-26(22)15-20(27)25-13-5-3-4-6-14-25/h7-12H,3-6,13-15H2,1-2H3. The molecule has 1 aromatic carbocycles. The minimum absolute atomic E-state index is 0.142. The van der Waals surface area contributed by atoms with Gasteiger partial charge in [0.05, 0.1) is 5.69 Å². The van der Waals surface area contributed by atoms with Gasteiger partial charge in [-0.25, -0.2) is 9.67 Å². The molecule has 1 aliphatic rings. The largest absolute Gasteiger partial charge is 0.341 e. The Morgan fingerprint density at radius 1 is 1.00 bits per heavy atom. The van der Waals surface area contributed by atoms with Crippen molar-refractivity contribution in [1.82, 2.24) is 19.7 Å². The van der Waals surface area contributed by atoms with Crippen molar-refractivity contribution >= 4 is 16.9 Å². The van der Waals surface area contributed by atoms with Crippen LogP contribution in [0.1, 0.15) is 36.9 Å². The van der Waals surface area contributed by atoms with Gasteiger partial charge in [-0.3, -0.25) is 4.79 Å². The topological polar surface area (TPSA) is 51.0 Å². The second kappa shape index (κ2) is 7.51. The summed E-state index contributed by atoms with van der Waals surface area (Å²) in [4.78, 5) is 19.3. The van der Waals surface area contributed by atoms with E-state index in [-0.39, 0.29) is 12.5 Å². The molecule has 1 saturated heterocycles. The Labute approximate surface area is 160 Å². The molecule has 0 N–H and O–H groups in total. The maximum Gasteiger partial charge on any atom is 0.244 e. The zero-order valence-corrected chi connectivity index (χ0v) is 16.1. The van der Waals surface area contributed by atoms with Crippen LogP contribution in [-0.2, 0) is 11.3 Å². The second-order valence-corrected chi connectivity index (χ2v) is 7.46. The summed E-state index contributed by atoms with van der Waals surface area (Å²) in [5.41, 5.74) is 5.20.